The highest BCUT2D eigenvalue weighted by Crippen LogP contribution is 2.23. The summed E-state index contributed by atoms with van der Waals surface area (Å²) in [5.74, 6) is 0.686. The van der Waals surface area contributed by atoms with E-state index in [4.69, 9.17) is 4.74 Å². The molecule has 26 heavy (non-hydrogen) atoms. The number of nitrogens with zero attached hydrogens (tertiary/aromatic N) is 2. The second-order valence-electron chi connectivity index (χ2n) is 6.73. The van der Waals surface area contributed by atoms with E-state index in [1.807, 2.05) is 24.3 Å². The lowest BCUT2D eigenvalue weighted by molar-refractivity contribution is -0.117. The molecule has 138 valence electrons. The fraction of sp³-hybridized carbons (Fsp3) is 0.381. The monoisotopic (exact) mass is 353 g/mol. The summed E-state index contributed by atoms with van der Waals surface area (Å²) in [7, 11) is 1.61. The normalized spacial score (nSPS) is 15.6. The molecule has 1 amide bonds. The summed E-state index contributed by atoms with van der Waals surface area (Å²) in [6.45, 7) is 7.33. The van der Waals surface area contributed by atoms with Crippen molar-refractivity contribution in [1.82, 2.24) is 9.80 Å². The van der Waals surface area contributed by atoms with Gasteiger partial charge in [-0.15, -0.1) is 0 Å². The number of para-hydroxylation sites is 2. The molecule has 1 N–H and O–H groups in total. The molecule has 2 aromatic carbocycles. The van der Waals surface area contributed by atoms with Gasteiger partial charge in [-0.05, 0) is 30.2 Å². The first-order valence-electron chi connectivity index (χ1n) is 9.08. The first kappa shape index (κ1) is 18.4. The molecular weight excluding hydrogens is 326 g/mol. The average Bonchev–Trinajstić information content (AvgIpc) is 2.65. The van der Waals surface area contributed by atoms with Crippen LogP contribution in [0.4, 0.5) is 5.69 Å². The number of benzene rings is 2. The van der Waals surface area contributed by atoms with Crippen LogP contribution in [-0.4, -0.2) is 55.5 Å². The molecule has 1 aliphatic rings. The number of aryl methyl sites for hydroxylation is 1. The Balaban J connectivity index is 1.46. The molecule has 1 fully saturated rings. The molecule has 0 atom stereocenters. The quantitative estimate of drug-likeness (QED) is 0.867. The van der Waals surface area contributed by atoms with E-state index < -0.39 is 0 Å². The van der Waals surface area contributed by atoms with Crippen LogP contribution in [-0.2, 0) is 11.3 Å². The summed E-state index contributed by atoms with van der Waals surface area (Å²) in [5.41, 5.74) is 3.44. The van der Waals surface area contributed by atoms with Crippen molar-refractivity contribution in [3.05, 3.63) is 59.7 Å². The zero-order valence-corrected chi connectivity index (χ0v) is 15.6. The smallest absolute Gasteiger partial charge is 0.238 e. The van der Waals surface area contributed by atoms with Crippen LogP contribution in [0.3, 0.4) is 0 Å². The third-order valence-corrected chi connectivity index (χ3v) is 4.87. The van der Waals surface area contributed by atoms with Crippen LogP contribution >= 0.6 is 0 Å². The Kier molecular flexibility index (Phi) is 6.26. The van der Waals surface area contributed by atoms with Crippen LogP contribution < -0.4 is 10.1 Å². The molecule has 1 heterocycles. The topological polar surface area (TPSA) is 44.8 Å². The maximum Gasteiger partial charge on any atom is 0.238 e. The van der Waals surface area contributed by atoms with Gasteiger partial charge < -0.3 is 10.1 Å². The fourth-order valence-corrected chi connectivity index (χ4v) is 3.27. The predicted octanol–water partition coefficient (Wildman–Crippen LogP) is 2.76. The maximum absolute atomic E-state index is 12.3. The van der Waals surface area contributed by atoms with E-state index in [9.17, 15) is 4.79 Å². The lowest BCUT2D eigenvalue weighted by atomic mass is 10.1. The van der Waals surface area contributed by atoms with Crippen LogP contribution in [0.1, 0.15) is 11.1 Å². The zero-order valence-electron chi connectivity index (χ0n) is 15.6. The molecule has 3 rings (SSSR count). The summed E-state index contributed by atoms with van der Waals surface area (Å²) in [5, 5.41) is 2.95. The molecule has 1 saturated heterocycles. The molecule has 2 aromatic rings. The van der Waals surface area contributed by atoms with Gasteiger partial charge in [0, 0.05) is 32.7 Å². The average molecular weight is 353 g/mol. The SMILES string of the molecule is COc1ccccc1NC(=O)CN1CCN(Cc2ccccc2C)CC1. The first-order valence-corrected chi connectivity index (χ1v) is 9.08. The number of methoxy groups -OCH3 is 1. The third kappa shape index (κ3) is 4.84. The molecule has 5 heteroatoms. The number of amides is 1. The summed E-state index contributed by atoms with van der Waals surface area (Å²) < 4.78 is 5.28. The second-order valence-corrected chi connectivity index (χ2v) is 6.73. The van der Waals surface area contributed by atoms with Gasteiger partial charge in [0.25, 0.3) is 0 Å². The summed E-state index contributed by atoms with van der Waals surface area (Å²) in [6.07, 6.45) is 0. The number of piperazine rings is 1. The van der Waals surface area contributed by atoms with Crippen molar-refractivity contribution < 1.29 is 9.53 Å². The summed E-state index contributed by atoms with van der Waals surface area (Å²) in [6, 6.07) is 16.0. The summed E-state index contributed by atoms with van der Waals surface area (Å²) in [4.78, 5) is 17.0. The highest BCUT2D eigenvalue weighted by atomic mass is 16.5. The van der Waals surface area contributed by atoms with E-state index in [0.29, 0.717) is 12.3 Å². The minimum atomic E-state index is 0.00172. The molecule has 0 saturated carbocycles. The molecule has 1 aliphatic heterocycles. The standard InChI is InChI=1S/C21H27N3O2/c1-17-7-3-4-8-18(17)15-23-11-13-24(14-12-23)16-21(25)22-19-9-5-6-10-20(19)26-2/h3-10H,11-16H2,1-2H3,(H,22,25). The highest BCUT2D eigenvalue weighted by Gasteiger charge is 2.19. The number of carbonyl (C=O) groups is 1. The first-order chi connectivity index (χ1) is 12.7. The number of anilines is 1. The van der Waals surface area contributed by atoms with Crippen LogP contribution in [0.2, 0.25) is 0 Å². The molecule has 0 unspecified atom stereocenters. The molecule has 0 radical (unpaired) electrons. The Labute approximate surface area is 155 Å². The van der Waals surface area contributed by atoms with Gasteiger partial charge in [0.1, 0.15) is 5.75 Å². The lowest BCUT2D eigenvalue weighted by Gasteiger charge is -2.34. The number of nitrogens with one attached hydrogen (secondary N) is 1. The van der Waals surface area contributed by atoms with Crippen molar-refractivity contribution in [3.8, 4) is 5.75 Å². The predicted molar refractivity (Wildman–Crippen MR) is 105 cm³/mol. The van der Waals surface area contributed by atoms with Gasteiger partial charge in [0.2, 0.25) is 5.91 Å². The van der Waals surface area contributed by atoms with E-state index in [1.54, 1.807) is 7.11 Å². The van der Waals surface area contributed by atoms with Crippen molar-refractivity contribution in [2.45, 2.75) is 13.5 Å². The van der Waals surface area contributed by atoms with Gasteiger partial charge in [-0.1, -0.05) is 36.4 Å². The van der Waals surface area contributed by atoms with Gasteiger partial charge in [0.05, 0.1) is 19.3 Å². The molecule has 5 nitrogen and oxygen atoms in total. The van der Waals surface area contributed by atoms with Crippen LogP contribution in [0, 0.1) is 6.92 Å². The Morgan fingerprint density at radius 3 is 2.38 bits per heavy atom. The number of ether oxygens (including phenoxy) is 1. The van der Waals surface area contributed by atoms with Gasteiger partial charge >= 0.3 is 0 Å². The highest BCUT2D eigenvalue weighted by molar-refractivity contribution is 5.93. The van der Waals surface area contributed by atoms with Crippen LogP contribution in [0.5, 0.6) is 5.75 Å². The van der Waals surface area contributed by atoms with Crippen LogP contribution in [0.25, 0.3) is 0 Å². The van der Waals surface area contributed by atoms with E-state index >= 15 is 0 Å². The van der Waals surface area contributed by atoms with Crippen molar-refractivity contribution in [1.29, 1.82) is 0 Å². The molecule has 0 spiro atoms. The minimum Gasteiger partial charge on any atom is -0.495 e. The van der Waals surface area contributed by atoms with Gasteiger partial charge in [-0.2, -0.15) is 0 Å². The molecule has 0 aromatic heterocycles. The molecule has 0 aliphatic carbocycles. The van der Waals surface area contributed by atoms with Crippen LogP contribution in [0.15, 0.2) is 48.5 Å². The van der Waals surface area contributed by atoms with Gasteiger partial charge in [-0.3, -0.25) is 14.6 Å². The maximum atomic E-state index is 12.3. The molecule has 0 bridgehead atoms. The van der Waals surface area contributed by atoms with Crippen molar-refractivity contribution in [3.63, 3.8) is 0 Å². The zero-order chi connectivity index (χ0) is 18.4. The molecular formula is C21H27N3O2. The second kappa shape index (κ2) is 8.83. The van der Waals surface area contributed by atoms with E-state index in [-0.39, 0.29) is 5.91 Å². The number of hydrogen-bond acceptors (Lipinski definition) is 4. The van der Waals surface area contributed by atoms with Crippen molar-refractivity contribution >= 4 is 11.6 Å². The lowest BCUT2D eigenvalue weighted by Crippen LogP contribution is -2.48. The van der Waals surface area contributed by atoms with E-state index in [2.05, 4.69) is 46.3 Å². The van der Waals surface area contributed by atoms with Crippen molar-refractivity contribution in [2.75, 3.05) is 45.2 Å². The fourth-order valence-electron chi connectivity index (χ4n) is 3.27. The van der Waals surface area contributed by atoms with Gasteiger partial charge in [-0.25, -0.2) is 0 Å². The van der Waals surface area contributed by atoms with Crippen molar-refractivity contribution in [2.24, 2.45) is 0 Å². The van der Waals surface area contributed by atoms with E-state index in [0.717, 1.165) is 38.4 Å². The van der Waals surface area contributed by atoms with E-state index in [1.165, 1.54) is 11.1 Å². The Morgan fingerprint density at radius 2 is 1.65 bits per heavy atom. The summed E-state index contributed by atoms with van der Waals surface area (Å²) >= 11 is 0. The third-order valence-electron chi connectivity index (χ3n) is 4.87. The number of carbonyl (C=O) groups excluding carboxylic acids is 1. The largest absolute Gasteiger partial charge is 0.495 e. The Morgan fingerprint density at radius 1 is 1.00 bits per heavy atom. The minimum absolute atomic E-state index is 0.00172. The van der Waals surface area contributed by atoms with Gasteiger partial charge in [0.15, 0.2) is 0 Å². The Bertz CT molecular complexity index is 740. The number of rotatable bonds is 6. The number of hydrogen-bond donors (Lipinski definition) is 1. The Hall–Kier alpha value is -2.37.